The lowest BCUT2D eigenvalue weighted by molar-refractivity contribution is 0.473. The molecule has 0 bridgehead atoms. The Morgan fingerprint density at radius 1 is 0.833 bits per heavy atom. The summed E-state index contributed by atoms with van der Waals surface area (Å²) in [5.41, 5.74) is 2.40. The minimum Gasteiger partial charge on any atom is -0.457 e. The SMILES string of the molecule is CC.CCc1ccccc1Oc1ccccc1C. The van der Waals surface area contributed by atoms with E-state index in [1.165, 1.54) is 5.56 Å². The third kappa shape index (κ3) is 3.63. The predicted molar refractivity (Wildman–Crippen MR) is 78.4 cm³/mol. The number of benzene rings is 2. The second-order valence-electron chi connectivity index (χ2n) is 3.83. The van der Waals surface area contributed by atoms with Gasteiger partial charge in [-0.15, -0.1) is 0 Å². The van der Waals surface area contributed by atoms with Crippen LogP contribution in [0.3, 0.4) is 0 Å². The largest absolute Gasteiger partial charge is 0.457 e. The molecule has 0 radical (unpaired) electrons. The van der Waals surface area contributed by atoms with Gasteiger partial charge in [0.25, 0.3) is 0 Å². The van der Waals surface area contributed by atoms with Crippen molar-refractivity contribution < 1.29 is 4.74 Å². The highest BCUT2D eigenvalue weighted by molar-refractivity contribution is 5.40. The van der Waals surface area contributed by atoms with Gasteiger partial charge in [0.1, 0.15) is 11.5 Å². The fourth-order valence-corrected chi connectivity index (χ4v) is 1.68. The van der Waals surface area contributed by atoms with E-state index in [9.17, 15) is 0 Å². The van der Waals surface area contributed by atoms with Gasteiger partial charge in [0, 0.05) is 0 Å². The molecule has 0 aromatic heterocycles. The average molecular weight is 242 g/mol. The number of rotatable bonds is 3. The van der Waals surface area contributed by atoms with E-state index in [-0.39, 0.29) is 0 Å². The van der Waals surface area contributed by atoms with Crippen molar-refractivity contribution in [3.8, 4) is 11.5 Å². The highest BCUT2D eigenvalue weighted by atomic mass is 16.5. The van der Waals surface area contributed by atoms with Gasteiger partial charge in [-0.05, 0) is 36.6 Å². The van der Waals surface area contributed by atoms with Gasteiger partial charge in [-0.3, -0.25) is 0 Å². The molecule has 0 aliphatic carbocycles. The maximum Gasteiger partial charge on any atom is 0.130 e. The fraction of sp³-hybridized carbons (Fsp3) is 0.294. The van der Waals surface area contributed by atoms with Gasteiger partial charge >= 0.3 is 0 Å². The van der Waals surface area contributed by atoms with Crippen molar-refractivity contribution in [1.29, 1.82) is 0 Å². The molecule has 0 spiro atoms. The van der Waals surface area contributed by atoms with Crippen LogP contribution in [0.2, 0.25) is 0 Å². The Morgan fingerprint density at radius 3 is 2.00 bits per heavy atom. The molecule has 0 fully saturated rings. The van der Waals surface area contributed by atoms with Gasteiger partial charge in [-0.2, -0.15) is 0 Å². The average Bonchev–Trinajstić information content (AvgIpc) is 2.44. The van der Waals surface area contributed by atoms with Crippen LogP contribution in [0.4, 0.5) is 0 Å². The second kappa shape index (κ2) is 7.54. The molecule has 0 aliphatic heterocycles. The first kappa shape index (κ1) is 14.3. The quantitative estimate of drug-likeness (QED) is 0.702. The van der Waals surface area contributed by atoms with Crippen LogP contribution in [0.25, 0.3) is 0 Å². The minimum atomic E-state index is 0.934. The molecule has 0 atom stereocenters. The Kier molecular flexibility index (Phi) is 5.99. The molecule has 0 saturated heterocycles. The van der Waals surface area contributed by atoms with Gasteiger partial charge < -0.3 is 4.74 Å². The molecule has 0 unspecified atom stereocenters. The Bertz CT molecular complexity index is 475. The summed E-state index contributed by atoms with van der Waals surface area (Å²) in [4.78, 5) is 0. The number of para-hydroxylation sites is 2. The third-order valence-corrected chi connectivity index (χ3v) is 2.67. The van der Waals surface area contributed by atoms with E-state index >= 15 is 0 Å². The van der Waals surface area contributed by atoms with Gasteiger partial charge in [-0.25, -0.2) is 0 Å². The smallest absolute Gasteiger partial charge is 0.130 e. The fourth-order valence-electron chi connectivity index (χ4n) is 1.68. The Balaban J connectivity index is 0.000000771. The van der Waals surface area contributed by atoms with E-state index in [1.807, 2.05) is 50.2 Å². The van der Waals surface area contributed by atoms with Crippen LogP contribution in [0.1, 0.15) is 31.9 Å². The van der Waals surface area contributed by atoms with Crippen molar-refractivity contribution in [2.24, 2.45) is 0 Å². The van der Waals surface area contributed by atoms with Crippen LogP contribution in [-0.2, 0) is 6.42 Å². The third-order valence-electron chi connectivity index (χ3n) is 2.67. The standard InChI is InChI=1S/C15H16O.C2H6/c1-3-13-9-5-7-11-15(13)16-14-10-6-4-8-12(14)2;1-2/h4-11H,3H2,1-2H3;1-2H3. The molecule has 2 aromatic carbocycles. The van der Waals surface area contributed by atoms with Crippen LogP contribution < -0.4 is 4.74 Å². The zero-order valence-electron chi connectivity index (χ0n) is 11.7. The summed E-state index contributed by atoms with van der Waals surface area (Å²) in [6.45, 7) is 8.20. The summed E-state index contributed by atoms with van der Waals surface area (Å²) in [5, 5.41) is 0. The van der Waals surface area contributed by atoms with Crippen molar-refractivity contribution in [3.63, 3.8) is 0 Å². The summed E-state index contributed by atoms with van der Waals surface area (Å²) in [6.07, 6.45) is 0.988. The zero-order valence-corrected chi connectivity index (χ0v) is 11.7. The van der Waals surface area contributed by atoms with E-state index in [4.69, 9.17) is 4.74 Å². The highest BCUT2D eigenvalue weighted by Gasteiger charge is 2.03. The van der Waals surface area contributed by atoms with Crippen LogP contribution >= 0.6 is 0 Å². The molecule has 0 amide bonds. The maximum atomic E-state index is 5.93. The first-order valence-electron chi connectivity index (χ1n) is 6.62. The molecule has 0 aliphatic rings. The Morgan fingerprint density at radius 2 is 1.39 bits per heavy atom. The van der Waals surface area contributed by atoms with E-state index in [2.05, 4.69) is 26.0 Å². The monoisotopic (exact) mass is 242 g/mol. The number of aryl methyl sites for hydroxylation is 2. The Hall–Kier alpha value is -1.76. The molecule has 18 heavy (non-hydrogen) atoms. The lowest BCUT2D eigenvalue weighted by Gasteiger charge is -2.11. The summed E-state index contributed by atoms with van der Waals surface area (Å²) >= 11 is 0. The van der Waals surface area contributed by atoms with Crippen molar-refractivity contribution in [3.05, 3.63) is 59.7 Å². The topological polar surface area (TPSA) is 9.23 Å². The minimum absolute atomic E-state index is 0.934. The zero-order chi connectivity index (χ0) is 13.4. The van der Waals surface area contributed by atoms with Crippen LogP contribution in [0.5, 0.6) is 11.5 Å². The predicted octanol–water partition coefficient (Wildman–Crippen LogP) is 5.38. The summed E-state index contributed by atoms with van der Waals surface area (Å²) in [7, 11) is 0. The summed E-state index contributed by atoms with van der Waals surface area (Å²) in [5.74, 6) is 1.89. The van der Waals surface area contributed by atoms with E-state index in [0.29, 0.717) is 0 Å². The lowest BCUT2D eigenvalue weighted by atomic mass is 10.1. The molecule has 0 saturated carbocycles. The highest BCUT2D eigenvalue weighted by Crippen LogP contribution is 2.27. The molecular weight excluding hydrogens is 220 g/mol. The molecule has 0 heterocycles. The summed E-state index contributed by atoms with van der Waals surface area (Å²) in [6, 6.07) is 16.3. The molecular formula is C17H22O. The van der Waals surface area contributed by atoms with Gasteiger partial charge in [0.05, 0.1) is 0 Å². The molecule has 96 valence electrons. The van der Waals surface area contributed by atoms with E-state index in [0.717, 1.165) is 23.5 Å². The Labute approximate surface area is 110 Å². The van der Waals surface area contributed by atoms with Crippen molar-refractivity contribution in [1.82, 2.24) is 0 Å². The number of hydrogen-bond acceptors (Lipinski definition) is 1. The van der Waals surface area contributed by atoms with Crippen molar-refractivity contribution in [2.75, 3.05) is 0 Å². The van der Waals surface area contributed by atoms with Gasteiger partial charge in [0.2, 0.25) is 0 Å². The summed E-state index contributed by atoms with van der Waals surface area (Å²) < 4.78 is 5.93. The molecule has 1 nitrogen and oxygen atoms in total. The lowest BCUT2D eigenvalue weighted by Crippen LogP contribution is -1.91. The maximum absolute atomic E-state index is 5.93. The second-order valence-corrected chi connectivity index (χ2v) is 3.83. The normalized spacial score (nSPS) is 9.33. The molecule has 1 heteroatoms. The van der Waals surface area contributed by atoms with Crippen molar-refractivity contribution >= 4 is 0 Å². The first-order valence-corrected chi connectivity index (χ1v) is 6.62. The first-order chi connectivity index (χ1) is 8.81. The van der Waals surface area contributed by atoms with Crippen LogP contribution in [0.15, 0.2) is 48.5 Å². The van der Waals surface area contributed by atoms with Crippen molar-refractivity contribution in [2.45, 2.75) is 34.1 Å². The van der Waals surface area contributed by atoms with Crippen LogP contribution in [-0.4, -0.2) is 0 Å². The van der Waals surface area contributed by atoms with E-state index < -0.39 is 0 Å². The van der Waals surface area contributed by atoms with Gasteiger partial charge in [-0.1, -0.05) is 57.2 Å². The number of hydrogen-bond donors (Lipinski definition) is 0. The molecule has 0 N–H and O–H groups in total. The van der Waals surface area contributed by atoms with E-state index in [1.54, 1.807) is 0 Å². The molecule has 2 aromatic rings. The van der Waals surface area contributed by atoms with Crippen LogP contribution in [0, 0.1) is 6.92 Å². The van der Waals surface area contributed by atoms with Gasteiger partial charge in [0.15, 0.2) is 0 Å². The number of ether oxygens (including phenoxy) is 1. The molecule has 2 rings (SSSR count).